The molecule has 1 fully saturated rings. The third-order valence-corrected chi connectivity index (χ3v) is 2.52. The van der Waals surface area contributed by atoms with Gasteiger partial charge in [0.25, 0.3) is 0 Å². The van der Waals surface area contributed by atoms with E-state index in [1.807, 2.05) is 0 Å². The van der Waals surface area contributed by atoms with Crippen LogP contribution in [0.25, 0.3) is 0 Å². The van der Waals surface area contributed by atoms with Crippen LogP contribution in [0.1, 0.15) is 32.6 Å². The Morgan fingerprint density at radius 2 is 1.83 bits per heavy atom. The van der Waals surface area contributed by atoms with E-state index >= 15 is 0 Å². The molecule has 0 amide bonds. The lowest BCUT2D eigenvalue weighted by molar-refractivity contribution is -0.260. The van der Waals surface area contributed by atoms with Gasteiger partial charge in [0.05, 0.1) is 0 Å². The largest absolute Gasteiger partial charge is 0.416 e. The quantitative estimate of drug-likeness (QED) is 0.695. The first-order valence-corrected chi connectivity index (χ1v) is 4.12. The minimum atomic E-state index is -4.48. The Balaban J connectivity index is 2.46. The molecular formula is C8H13F3O. The van der Waals surface area contributed by atoms with Gasteiger partial charge in [-0.2, -0.15) is 13.2 Å². The monoisotopic (exact) mass is 182 g/mol. The van der Waals surface area contributed by atoms with Crippen LogP contribution in [0.2, 0.25) is 0 Å². The second-order valence-corrected chi connectivity index (χ2v) is 3.77. The maximum Gasteiger partial charge on any atom is 0.416 e. The molecule has 4 heteroatoms. The molecule has 0 heterocycles. The summed E-state index contributed by atoms with van der Waals surface area (Å²) in [4.78, 5) is 0. The number of alkyl halides is 3. The summed E-state index contributed by atoms with van der Waals surface area (Å²) < 4.78 is 36.3. The van der Waals surface area contributed by atoms with E-state index in [1.54, 1.807) is 0 Å². The Morgan fingerprint density at radius 3 is 2.08 bits per heavy atom. The maximum atomic E-state index is 12.1. The second kappa shape index (κ2) is 2.91. The summed E-state index contributed by atoms with van der Waals surface area (Å²) >= 11 is 0. The molecule has 0 radical (unpaired) electrons. The van der Waals surface area contributed by atoms with Gasteiger partial charge >= 0.3 is 6.18 Å². The molecule has 0 aromatic rings. The maximum absolute atomic E-state index is 12.1. The normalized spacial score (nSPS) is 24.8. The van der Waals surface area contributed by atoms with Crippen LogP contribution in [0.4, 0.5) is 13.2 Å². The predicted molar refractivity (Wildman–Crippen MR) is 38.6 cm³/mol. The average molecular weight is 182 g/mol. The van der Waals surface area contributed by atoms with Gasteiger partial charge in [0.15, 0.2) is 5.60 Å². The molecule has 0 aromatic carbocycles. The third-order valence-electron chi connectivity index (χ3n) is 2.52. The van der Waals surface area contributed by atoms with E-state index in [9.17, 15) is 13.2 Å². The van der Waals surface area contributed by atoms with Crippen LogP contribution in [0, 0.1) is 5.92 Å². The fourth-order valence-corrected chi connectivity index (χ4v) is 1.37. The molecule has 0 bridgehead atoms. The summed E-state index contributed by atoms with van der Waals surface area (Å²) in [7, 11) is 0. The summed E-state index contributed by atoms with van der Waals surface area (Å²) in [6, 6.07) is 0. The van der Waals surface area contributed by atoms with E-state index in [0.29, 0.717) is 0 Å². The van der Waals surface area contributed by atoms with E-state index in [4.69, 9.17) is 5.11 Å². The number of aliphatic hydroxyl groups is 1. The molecule has 0 spiro atoms. The molecule has 1 nitrogen and oxygen atoms in total. The van der Waals surface area contributed by atoms with E-state index < -0.39 is 11.8 Å². The fraction of sp³-hybridized carbons (Fsp3) is 1.00. The second-order valence-electron chi connectivity index (χ2n) is 3.77. The van der Waals surface area contributed by atoms with Crippen molar-refractivity contribution in [3.05, 3.63) is 0 Å². The number of hydrogen-bond donors (Lipinski definition) is 1. The highest BCUT2D eigenvalue weighted by molar-refractivity contribution is 4.86. The Bertz CT molecular complexity index is 158. The van der Waals surface area contributed by atoms with Crippen molar-refractivity contribution in [2.45, 2.75) is 44.4 Å². The first kappa shape index (κ1) is 9.84. The number of hydrogen-bond acceptors (Lipinski definition) is 1. The Labute approximate surface area is 69.6 Å². The fourth-order valence-electron chi connectivity index (χ4n) is 1.37. The van der Waals surface area contributed by atoms with Crippen LogP contribution in [-0.4, -0.2) is 16.9 Å². The minimum Gasteiger partial charge on any atom is -0.381 e. The van der Waals surface area contributed by atoms with E-state index in [2.05, 4.69) is 0 Å². The number of halogens is 3. The van der Waals surface area contributed by atoms with Gasteiger partial charge in [-0.1, -0.05) is 19.3 Å². The molecule has 0 aliphatic heterocycles. The van der Waals surface area contributed by atoms with Gasteiger partial charge in [0.2, 0.25) is 0 Å². The average Bonchev–Trinajstić information content (AvgIpc) is 1.76. The van der Waals surface area contributed by atoms with Gasteiger partial charge in [-0.25, -0.2) is 0 Å². The highest BCUT2D eigenvalue weighted by Gasteiger charge is 2.50. The van der Waals surface area contributed by atoms with E-state index in [0.717, 1.165) is 26.2 Å². The summed E-state index contributed by atoms with van der Waals surface area (Å²) in [6.45, 7) is 0.852. The van der Waals surface area contributed by atoms with Crippen LogP contribution in [0.5, 0.6) is 0 Å². The first-order valence-electron chi connectivity index (χ1n) is 4.12. The lowest BCUT2D eigenvalue weighted by Crippen LogP contribution is -2.44. The first-order chi connectivity index (χ1) is 5.33. The molecule has 1 rings (SSSR count). The zero-order valence-corrected chi connectivity index (χ0v) is 6.99. The van der Waals surface area contributed by atoms with Gasteiger partial charge < -0.3 is 5.11 Å². The number of rotatable bonds is 2. The summed E-state index contributed by atoms with van der Waals surface area (Å²) in [6.07, 6.45) is -1.98. The standard InChI is InChI=1S/C8H13F3O/c1-7(12,8(9,10)11)5-6-3-2-4-6/h6,12H,2-5H2,1H3. The SMILES string of the molecule is CC(O)(CC1CCC1)C(F)(F)F. The van der Waals surface area contributed by atoms with Crippen molar-refractivity contribution in [2.75, 3.05) is 0 Å². The minimum absolute atomic E-state index is 0.0709. The summed E-state index contributed by atoms with van der Waals surface area (Å²) in [5, 5.41) is 9.06. The van der Waals surface area contributed by atoms with Gasteiger partial charge in [0.1, 0.15) is 0 Å². The van der Waals surface area contributed by atoms with E-state index in [-0.39, 0.29) is 12.3 Å². The molecule has 1 atom stereocenters. The summed E-state index contributed by atoms with van der Waals surface area (Å²) in [5.41, 5.74) is -2.49. The third kappa shape index (κ3) is 1.91. The van der Waals surface area contributed by atoms with Crippen LogP contribution in [-0.2, 0) is 0 Å². The van der Waals surface area contributed by atoms with Crippen molar-refractivity contribution in [1.29, 1.82) is 0 Å². The van der Waals surface area contributed by atoms with Gasteiger partial charge in [-0.3, -0.25) is 0 Å². The topological polar surface area (TPSA) is 20.2 Å². The highest BCUT2D eigenvalue weighted by atomic mass is 19.4. The van der Waals surface area contributed by atoms with Gasteiger partial charge in [-0.15, -0.1) is 0 Å². The lowest BCUT2D eigenvalue weighted by atomic mass is 9.77. The van der Waals surface area contributed by atoms with Gasteiger partial charge in [-0.05, 0) is 19.3 Å². The molecule has 12 heavy (non-hydrogen) atoms. The molecule has 1 aliphatic carbocycles. The van der Waals surface area contributed by atoms with Crippen LogP contribution in [0.15, 0.2) is 0 Å². The predicted octanol–water partition coefficient (Wildman–Crippen LogP) is 2.49. The lowest BCUT2D eigenvalue weighted by Gasteiger charge is -2.34. The van der Waals surface area contributed by atoms with Gasteiger partial charge in [0, 0.05) is 0 Å². The molecule has 1 aliphatic rings. The molecule has 1 saturated carbocycles. The van der Waals surface area contributed by atoms with Crippen molar-refractivity contribution in [2.24, 2.45) is 5.92 Å². The van der Waals surface area contributed by atoms with Crippen molar-refractivity contribution >= 4 is 0 Å². The van der Waals surface area contributed by atoms with E-state index in [1.165, 1.54) is 0 Å². The molecule has 1 unspecified atom stereocenters. The Morgan fingerprint density at radius 1 is 1.33 bits per heavy atom. The van der Waals surface area contributed by atoms with Crippen LogP contribution in [0.3, 0.4) is 0 Å². The van der Waals surface area contributed by atoms with Crippen molar-refractivity contribution < 1.29 is 18.3 Å². The Kier molecular flexibility index (Phi) is 2.38. The van der Waals surface area contributed by atoms with Crippen molar-refractivity contribution in [3.63, 3.8) is 0 Å². The molecular weight excluding hydrogens is 169 g/mol. The molecule has 0 aromatic heterocycles. The molecule has 1 N–H and O–H groups in total. The molecule has 72 valence electrons. The smallest absolute Gasteiger partial charge is 0.381 e. The zero-order chi connectivity index (χ0) is 9.41. The summed E-state index contributed by atoms with van der Waals surface area (Å²) in [5.74, 6) is 0.0709. The van der Waals surface area contributed by atoms with Crippen molar-refractivity contribution in [3.8, 4) is 0 Å². The van der Waals surface area contributed by atoms with Crippen molar-refractivity contribution in [1.82, 2.24) is 0 Å². The molecule has 0 saturated heterocycles. The highest BCUT2D eigenvalue weighted by Crippen LogP contribution is 2.40. The van der Waals surface area contributed by atoms with Crippen LogP contribution < -0.4 is 0 Å². The zero-order valence-electron chi connectivity index (χ0n) is 6.99. The van der Waals surface area contributed by atoms with Crippen LogP contribution >= 0.6 is 0 Å². The Hall–Kier alpha value is -0.250.